The molecule has 7 nitrogen and oxygen atoms in total. The van der Waals surface area contributed by atoms with E-state index in [1.54, 1.807) is 47.0 Å². The summed E-state index contributed by atoms with van der Waals surface area (Å²) in [5.41, 5.74) is 2.87. The zero-order valence-electron chi connectivity index (χ0n) is 14.7. The van der Waals surface area contributed by atoms with Gasteiger partial charge in [-0.1, -0.05) is 35.3 Å². The number of aryl methyl sites for hydroxylation is 1. The van der Waals surface area contributed by atoms with E-state index in [-0.39, 0.29) is 11.6 Å². The SMILES string of the molecule is CCn1c(=O)[nH]c2cc(C(=O)Nc3cc(-c4cccc(Cl)c4Cl)[nH]n3)ccc21. The van der Waals surface area contributed by atoms with E-state index in [2.05, 4.69) is 20.5 Å². The molecule has 0 saturated heterocycles. The molecule has 0 radical (unpaired) electrons. The molecule has 0 aliphatic rings. The summed E-state index contributed by atoms with van der Waals surface area (Å²) in [7, 11) is 0. The first-order chi connectivity index (χ1) is 13.5. The molecule has 28 heavy (non-hydrogen) atoms. The minimum Gasteiger partial charge on any atom is -0.306 e. The van der Waals surface area contributed by atoms with Crippen molar-refractivity contribution in [3.63, 3.8) is 0 Å². The van der Waals surface area contributed by atoms with Crippen LogP contribution in [-0.4, -0.2) is 25.7 Å². The number of halogens is 2. The Kier molecular flexibility index (Phi) is 4.70. The molecule has 4 aromatic rings. The molecule has 0 bridgehead atoms. The molecule has 0 unspecified atom stereocenters. The predicted octanol–water partition coefficient (Wildman–Crippen LogP) is 4.30. The number of amides is 1. The van der Waals surface area contributed by atoms with Gasteiger partial charge in [0, 0.05) is 23.7 Å². The summed E-state index contributed by atoms with van der Waals surface area (Å²) in [6.07, 6.45) is 0. The number of nitrogens with zero attached hydrogens (tertiary/aromatic N) is 2. The zero-order chi connectivity index (χ0) is 19.8. The van der Waals surface area contributed by atoms with Crippen LogP contribution in [0.5, 0.6) is 0 Å². The van der Waals surface area contributed by atoms with Gasteiger partial charge in [-0.25, -0.2) is 4.79 Å². The number of hydrogen-bond acceptors (Lipinski definition) is 3. The van der Waals surface area contributed by atoms with E-state index in [0.717, 1.165) is 5.52 Å². The fourth-order valence-electron chi connectivity index (χ4n) is 3.04. The van der Waals surface area contributed by atoms with Crippen molar-refractivity contribution >= 4 is 46.0 Å². The molecule has 0 spiro atoms. The van der Waals surface area contributed by atoms with Gasteiger partial charge < -0.3 is 10.3 Å². The smallest absolute Gasteiger partial charge is 0.306 e. The Balaban J connectivity index is 1.59. The second-order valence-electron chi connectivity index (χ2n) is 6.13. The summed E-state index contributed by atoms with van der Waals surface area (Å²) in [6, 6.07) is 12.0. The number of nitrogens with one attached hydrogen (secondary N) is 3. The van der Waals surface area contributed by atoms with Gasteiger partial charge in [0.05, 0.1) is 26.8 Å². The molecule has 0 aliphatic carbocycles. The van der Waals surface area contributed by atoms with Crippen LogP contribution in [0, 0.1) is 0 Å². The summed E-state index contributed by atoms with van der Waals surface area (Å²) in [4.78, 5) is 27.2. The standard InChI is InChI=1S/C19H15Cl2N5O2/c1-2-26-15-7-6-10(8-14(15)22-19(26)28)18(27)23-16-9-13(24-25-16)11-4-3-5-12(20)17(11)21/h3-9H,2H2,1H3,(H,22,28)(H2,23,24,25,27). The number of aromatic nitrogens is 4. The van der Waals surface area contributed by atoms with E-state index in [1.807, 2.05) is 6.92 Å². The quantitative estimate of drug-likeness (QED) is 0.463. The van der Waals surface area contributed by atoms with Crippen molar-refractivity contribution in [2.45, 2.75) is 13.5 Å². The second kappa shape index (κ2) is 7.18. The molecule has 2 aromatic heterocycles. The Morgan fingerprint density at radius 2 is 2.04 bits per heavy atom. The van der Waals surface area contributed by atoms with E-state index in [9.17, 15) is 9.59 Å². The molecule has 2 heterocycles. The summed E-state index contributed by atoms with van der Waals surface area (Å²) < 4.78 is 1.60. The van der Waals surface area contributed by atoms with Crippen molar-refractivity contribution in [1.29, 1.82) is 0 Å². The molecule has 0 saturated carbocycles. The lowest BCUT2D eigenvalue weighted by Gasteiger charge is -2.03. The van der Waals surface area contributed by atoms with Gasteiger partial charge in [0.2, 0.25) is 0 Å². The first-order valence-electron chi connectivity index (χ1n) is 8.51. The first kappa shape index (κ1) is 18.3. The van der Waals surface area contributed by atoms with E-state index in [4.69, 9.17) is 23.2 Å². The number of carbonyl (C=O) groups excluding carboxylic acids is 1. The molecule has 9 heteroatoms. The number of carbonyl (C=O) groups is 1. The van der Waals surface area contributed by atoms with E-state index in [1.165, 1.54) is 0 Å². The summed E-state index contributed by atoms with van der Waals surface area (Å²) in [5.74, 6) is -0.00185. The second-order valence-corrected chi connectivity index (χ2v) is 6.91. The Bertz CT molecular complexity index is 1250. The molecule has 142 valence electrons. The summed E-state index contributed by atoms with van der Waals surface area (Å²) in [6.45, 7) is 2.43. The maximum Gasteiger partial charge on any atom is 0.326 e. The Labute approximate surface area is 169 Å². The number of rotatable bonds is 4. The first-order valence-corrected chi connectivity index (χ1v) is 9.27. The monoisotopic (exact) mass is 415 g/mol. The van der Waals surface area contributed by atoms with Crippen molar-refractivity contribution in [2.24, 2.45) is 0 Å². The molecular weight excluding hydrogens is 401 g/mol. The van der Waals surface area contributed by atoms with Crippen LogP contribution in [0.15, 0.2) is 47.3 Å². The number of benzene rings is 2. The van der Waals surface area contributed by atoms with Crippen LogP contribution in [0.1, 0.15) is 17.3 Å². The minimum absolute atomic E-state index is 0.203. The number of H-pyrrole nitrogens is 2. The van der Waals surface area contributed by atoms with Crippen molar-refractivity contribution in [1.82, 2.24) is 19.7 Å². The van der Waals surface area contributed by atoms with Crippen LogP contribution < -0.4 is 11.0 Å². The Morgan fingerprint density at radius 3 is 2.82 bits per heavy atom. The Hall–Kier alpha value is -3.03. The maximum atomic E-state index is 12.6. The highest BCUT2D eigenvalue weighted by Gasteiger charge is 2.14. The van der Waals surface area contributed by atoms with Crippen molar-refractivity contribution in [3.05, 3.63) is 68.6 Å². The van der Waals surface area contributed by atoms with Crippen LogP contribution in [-0.2, 0) is 6.54 Å². The number of hydrogen-bond donors (Lipinski definition) is 3. The molecular formula is C19H15Cl2N5O2. The van der Waals surface area contributed by atoms with Gasteiger partial charge in [-0.05, 0) is 31.2 Å². The highest BCUT2D eigenvalue weighted by Crippen LogP contribution is 2.33. The Morgan fingerprint density at radius 1 is 1.21 bits per heavy atom. The predicted molar refractivity (Wildman–Crippen MR) is 110 cm³/mol. The van der Waals surface area contributed by atoms with Crippen molar-refractivity contribution < 1.29 is 4.79 Å². The van der Waals surface area contributed by atoms with E-state index in [0.29, 0.717) is 44.7 Å². The van der Waals surface area contributed by atoms with Gasteiger partial charge in [-0.2, -0.15) is 5.10 Å². The van der Waals surface area contributed by atoms with Gasteiger partial charge in [0.15, 0.2) is 5.82 Å². The third kappa shape index (κ3) is 3.19. The molecule has 0 fully saturated rings. The highest BCUT2D eigenvalue weighted by atomic mass is 35.5. The average molecular weight is 416 g/mol. The maximum absolute atomic E-state index is 12.6. The van der Waals surface area contributed by atoms with Gasteiger partial charge in [0.1, 0.15) is 0 Å². The third-order valence-electron chi connectivity index (χ3n) is 4.41. The summed E-state index contributed by atoms with van der Waals surface area (Å²) >= 11 is 12.3. The summed E-state index contributed by atoms with van der Waals surface area (Å²) in [5, 5.41) is 10.5. The van der Waals surface area contributed by atoms with Crippen LogP contribution in [0.2, 0.25) is 10.0 Å². The fraction of sp³-hybridized carbons (Fsp3) is 0.105. The molecule has 4 rings (SSSR count). The fourth-order valence-corrected chi connectivity index (χ4v) is 3.45. The van der Waals surface area contributed by atoms with Crippen LogP contribution in [0.4, 0.5) is 5.82 Å². The number of aromatic amines is 2. The molecule has 1 amide bonds. The number of fused-ring (bicyclic) bond motifs is 1. The van der Waals surface area contributed by atoms with Gasteiger partial charge in [-0.3, -0.25) is 14.5 Å². The van der Waals surface area contributed by atoms with Crippen LogP contribution in [0.25, 0.3) is 22.3 Å². The molecule has 0 atom stereocenters. The average Bonchev–Trinajstić information content (AvgIpc) is 3.26. The van der Waals surface area contributed by atoms with Gasteiger partial charge in [0.25, 0.3) is 5.91 Å². The largest absolute Gasteiger partial charge is 0.326 e. The number of anilines is 1. The highest BCUT2D eigenvalue weighted by molar-refractivity contribution is 6.43. The third-order valence-corrected chi connectivity index (χ3v) is 5.23. The van der Waals surface area contributed by atoms with Crippen molar-refractivity contribution in [2.75, 3.05) is 5.32 Å². The lowest BCUT2D eigenvalue weighted by atomic mass is 10.1. The minimum atomic E-state index is -0.345. The zero-order valence-corrected chi connectivity index (χ0v) is 16.2. The molecule has 0 aliphatic heterocycles. The number of imidazole rings is 1. The molecule has 2 aromatic carbocycles. The van der Waals surface area contributed by atoms with Gasteiger partial charge in [-0.15, -0.1) is 0 Å². The van der Waals surface area contributed by atoms with E-state index < -0.39 is 0 Å². The lowest BCUT2D eigenvalue weighted by molar-refractivity contribution is 0.102. The van der Waals surface area contributed by atoms with E-state index >= 15 is 0 Å². The normalized spacial score (nSPS) is 11.1. The van der Waals surface area contributed by atoms with Crippen LogP contribution in [0.3, 0.4) is 0 Å². The lowest BCUT2D eigenvalue weighted by Crippen LogP contribution is -2.14. The molecule has 3 N–H and O–H groups in total. The van der Waals surface area contributed by atoms with Crippen molar-refractivity contribution in [3.8, 4) is 11.3 Å². The topological polar surface area (TPSA) is 95.6 Å². The van der Waals surface area contributed by atoms with Gasteiger partial charge >= 0.3 is 5.69 Å². The van der Waals surface area contributed by atoms with Crippen LogP contribution >= 0.6 is 23.2 Å².